The van der Waals surface area contributed by atoms with Gasteiger partial charge in [-0.15, -0.1) is 0 Å². The van der Waals surface area contributed by atoms with Gasteiger partial charge in [-0.05, 0) is 25.0 Å². The Labute approximate surface area is 176 Å². The molecular formula is C22H27ClN4O2. The molecule has 1 amide bonds. The van der Waals surface area contributed by atoms with Gasteiger partial charge in [0.15, 0.2) is 10.9 Å². The first-order chi connectivity index (χ1) is 14.2. The lowest BCUT2D eigenvalue weighted by molar-refractivity contribution is 0.0736. The maximum absolute atomic E-state index is 12.9. The van der Waals surface area contributed by atoms with Crippen molar-refractivity contribution in [3.63, 3.8) is 0 Å². The van der Waals surface area contributed by atoms with Crippen LogP contribution in [0.4, 0.5) is 5.69 Å². The van der Waals surface area contributed by atoms with E-state index in [9.17, 15) is 4.79 Å². The van der Waals surface area contributed by atoms with Gasteiger partial charge in [-0.1, -0.05) is 31.0 Å². The van der Waals surface area contributed by atoms with Crippen LogP contribution in [0.25, 0.3) is 0 Å². The van der Waals surface area contributed by atoms with Gasteiger partial charge in [-0.3, -0.25) is 4.79 Å². The summed E-state index contributed by atoms with van der Waals surface area (Å²) in [5, 5.41) is 3.68. The SMILES string of the molecule is CCCCN1CCc2c(Oc3cc(N4CCNCC4)cnc3Cl)cccc2C1=O. The quantitative estimate of drug-likeness (QED) is 0.730. The number of carbonyl (C=O) groups is 1. The first-order valence-electron chi connectivity index (χ1n) is 10.4. The van der Waals surface area contributed by atoms with Crippen LogP contribution in [0.2, 0.25) is 5.15 Å². The number of fused-ring (bicyclic) bond motifs is 1. The minimum absolute atomic E-state index is 0.0870. The molecule has 0 saturated carbocycles. The smallest absolute Gasteiger partial charge is 0.254 e. The Hall–Kier alpha value is -2.31. The Morgan fingerprint density at radius 2 is 2.03 bits per heavy atom. The van der Waals surface area contributed by atoms with Gasteiger partial charge < -0.3 is 19.9 Å². The highest BCUT2D eigenvalue weighted by Crippen LogP contribution is 2.35. The fourth-order valence-electron chi connectivity index (χ4n) is 3.90. The van der Waals surface area contributed by atoms with Crippen molar-refractivity contribution in [2.75, 3.05) is 44.2 Å². The highest BCUT2D eigenvalue weighted by Gasteiger charge is 2.26. The van der Waals surface area contributed by atoms with E-state index in [1.54, 1.807) is 6.20 Å². The van der Waals surface area contributed by atoms with Crippen LogP contribution in [0.3, 0.4) is 0 Å². The van der Waals surface area contributed by atoms with Crippen molar-refractivity contribution in [1.82, 2.24) is 15.2 Å². The minimum Gasteiger partial charge on any atom is -0.454 e. The van der Waals surface area contributed by atoms with Crippen molar-refractivity contribution in [2.45, 2.75) is 26.2 Å². The number of piperazine rings is 1. The second-order valence-corrected chi connectivity index (χ2v) is 7.86. The molecule has 0 spiro atoms. The minimum atomic E-state index is 0.0870. The van der Waals surface area contributed by atoms with E-state index in [2.05, 4.69) is 22.1 Å². The van der Waals surface area contributed by atoms with E-state index in [0.29, 0.717) is 16.7 Å². The first-order valence-corrected chi connectivity index (χ1v) is 10.8. The Bertz CT molecular complexity index is 883. The predicted molar refractivity (Wildman–Crippen MR) is 115 cm³/mol. The molecule has 2 aromatic rings. The fraction of sp³-hybridized carbons (Fsp3) is 0.455. The molecule has 0 aliphatic carbocycles. The van der Waals surface area contributed by atoms with E-state index >= 15 is 0 Å². The van der Waals surface area contributed by atoms with Crippen molar-refractivity contribution in [2.24, 2.45) is 0 Å². The largest absolute Gasteiger partial charge is 0.454 e. The predicted octanol–water partition coefficient (Wildman–Crippen LogP) is 3.74. The van der Waals surface area contributed by atoms with Crippen LogP contribution in [0.15, 0.2) is 30.5 Å². The molecule has 0 radical (unpaired) electrons. The maximum Gasteiger partial charge on any atom is 0.254 e. The highest BCUT2D eigenvalue weighted by atomic mass is 35.5. The molecule has 7 heteroatoms. The molecule has 4 rings (SSSR count). The molecule has 1 aromatic carbocycles. The Balaban J connectivity index is 1.58. The number of benzene rings is 1. The molecule has 2 aliphatic rings. The molecule has 2 aliphatic heterocycles. The number of aromatic nitrogens is 1. The van der Waals surface area contributed by atoms with Gasteiger partial charge in [-0.2, -0.15) is 0 Å². The van der Waals surface area contributed by atoms with Crippen molar-refractivity contribution >= 4 is 23.2 Å². The number of amides is 1. The monoisotopic (exact) mass is 414 g/mol. The molecule has 0 unspecified atom stereocenters. The van der Waals surface area contributed by atoms with Crippen LogP contribution in [0.5, 0.6) is 11.5 Å². The topological polar surface area (TPSA) is 57.7 Å². The van der Waals surface area contributed by atoms with Gasteiger partial charge >= 0.3 is 0 Å². The number of carbonyl (C=O) groups excluding carboxylic acids is 1. The number of nitrogens with one attached hydrogen (secondary N) is 1. The average molecular weight is 415 g/mol. The van der Waals surface area contributed by atoms with Gasteiger partial charge in [0.25, 0.3) is 5.91 Å². The van der Waals surface area contributed by atoms with E-state index in [0.717, 1.165) is 75.3 Å². The molecule has 3 heterocycles. The molecule has 0 atom stereocenters. The maximum atomic E-state index is 12.9. The van der Waals surface area contributed by atoms with E-state index in [1.807, 2.05) is 29.2 Å². The van der Waals surface area contributed by atoms with Crippen molar-refractivity contribution in [3.8, 4) is 11.5 Å². The Morgan fingerprint density at radius 1 is 1.21 bits per heavy atom. The second-order valence-electron chi connectivity index (χ2n) is 7.50. The normalized spacial score (nSPS) is 16.7. The van der Waals surface area contributed by atoms with Gasteiger partial charge in [-0.25, -0.2) is 4.98 Å². The summed E-state index contributed by atoms with van der Waals surface area (Å²) in [5.74, 6) is 1.30. The molecular weight excluding hydrogens is 388 g/mol. The first kappa shape index (κ1) is 20.0. The van der Waals surface area contributed by atoms with E-state index in [-0.39, 0.29) is 5.91 Å². The molecule has 154 valence electrons. The number of unbranched alkanes of at least 4 members (excludes halogenated alkanes) is 1. The molecule has 6 nitrogen and oxygen atoms in total. The van der Waals surface area contributed by atoms with Crippen molar-refractivity contribution in [1.29, 1.82) is 0 Å². The van der Waals surface area contributed by atoms with Gasteiger partial charge in [0.05, 0.1) is 11.9 Å². The number of hydrogen-bond acceptors (Lipinski definition) is 5. The highest BCUT2D eigenvalue weighted by molar-refractivity contribution is 6.30. The van der Waals surface area contributed by atoms with Crippen LogP contribution in [0.1, 0.15) is 35.7 Å². The molecule has 1 N–H and O–H groups in total. The zero-order valence-corrected chi connectivity index (χ0v) is 17.5. The number of pyridine rings is 1. The lowest BCUT2D eigenvalue weighted by Crippen LogP contribution is -2.43. The zero-order chi connectivity index (χ0) is 20.2. The number of ether oxygens (including phenoxy) is 1. The Kier molecular flexibility index (Phi) is 6.21. The molecule has 29 heavy (non-hydrogen) atoms. The van der Waals surface area contributed by atoms with Gasteiger partial charge in [0.2, 0.25) is 0 Å². The second kappa shape index (κ2) is 9.01. The molecule has 1 saturated heterocycles. The lowest BCUT2D eigenvalue weighted by atomic mass is 9.97. The van der Waals surface area contributed by atoms with Gasteiger partial charge in [0, 0.05) is 56.5 Å². The summed E-state index contributed by atoms with van der Waals surface area (Å²) in [4.78, 5) is 21.4. The Morgan fingerprint density at radius 3 is 2.83 bits per heavy atom. The fourth-order valence-corrected chi connectivity index (χ4v) is 4.05. The summed E-state index contributed by atoms with van der Waals surface area (Å²) in [6, 6.07) is 7.61. The van der Waals surface area contributed by atoms with E-state index < -0.39 is 0 Å². The number of nitrogens with zero attached hydrogens (tertiary/aromatic N) is 3. The summed E-state index contributed by atoms with van der Waals surface area (Å²) >= 11 is 6.34. The van der Waals surface area contributed by atoms with Crippen LogP contribution < -0.4 is 15.0 Å². The van der Waals surface area contributed by atoms with E-state index in [1.165, 1.54) is 0 Å². The molecule has 1 fully saturated rings. The average Bonchev–Trinajstić information content (AvgIpc) is 2.76. The summed E-state index contributed by atoms with van der Waals surface area (Å²) in [6.07, 6.45) is 4.67. The number of halogens is 1. The van der Waals surface area contributed by atoms with Crippen molar-refractivity contribution in [3.05, 3.63) is 46.7 Å². The number of hydrogen-bond donors (Lipinski definition) is 1. The third-order valence-electron chi connectivity index (χ3n) is 5.56. The molecule has 0 bridgehead atoms. The molecule has 1 aromatic heterocycles. The van der Waals surface area contributed by atoms with Crippen molar-refractivity contribution < 1.29 is 9.53 Å². The van der Waals surface area contributed by atoms with E-state index in [4.69, 9.17) is 16.3 Å². The third-order valence-corrected chi connectivity index (χ3v) is 5.84. The van der Waals surface area contributed by atoms with Crippen LogP contribution in [-0.4, -0.2) is 55.1 Å². The summed E-state index contributed by atoms with van der Waals surface area (Å²) in [5.41, 5.74) is 2.68. The lowest BCUT2D eigenvalue weighted by Gasteiger charge is -2.30. The number of anilines is 1. The summed E-state index contributed by atoms with van der Waals surface area (Å²) in [6.45, 7) is 7.41. The number of rotatable bonds is 6. The van der Waals surface area contributed by atoms with Gasteiger partial charge in [0.1, 0.15) is 5.75 Å². The summed E-state index contributed by atoms with van der Waals surface area (Å²) < 4.78 is 6.20. The standard InChI is InChI=1S/C22H27ClN4O2/c1-2-3-10-27-11-7-17-18(22(27)28)5-4-6-19(17)29-20-14-16(15-25-21(20)23)26-12-8-24-9-13-26/h4-6,14-15,24H,2-3,7-13H2,1H3. The van der Waals surface area contributed by atoms with Crippen LogP contribution >= 0.6 is 11.6 Å². The van der Waals surface area contributed by atoms with Crippen LogP contribution in [-0.2, 0) is 6.42 Å². The third kappa shape index (κ3) is 4.33. The zero-order valence-electron chi connectivity index (χ0n) is 16.8. The van der Waals surface area contributed by atoms with Crippen LogP contribution in [0, 0.1) is 0 Å². The summed E-state index contributed by atoms with van der Waals surface area (Å²) in [7, 11) is 0.